The molecule has 2 atom stereocenters. The van der Waals surface area contributed by atoms with Gasteiger partial charge >= 0.3 is 5.97 Å². The fourth-order valence-corrected chi connectivity index (χ4v) is 3.91. The number of hydrogen-bond donors (Lipinski definition) is 3. The molecule has 0 saturated heterocycles. The molecule has 0 spiro atoms. The predicted octanol–water partition coefficient (Wildman–Crippen LogP) is 3.78. The summed E-state index contributed by atoms with van der Waals surface area (Å²) in [5, 5.41) is 22.5. The molecule has 0 bridgehead atoms. The van der Waals surface area contributed by atoms with E-state index >= 15 is 0 Å². The highest BCUT2D eigenvalue weighted by atomic mass is 16.5. The minimum absolute atomic E-state index is 0.0305. The highest BCUT2D eigenvalue weighted by molar-refractivity contribution is 5.88. The molecule has 1 unspecified atom stereocenters. The Hall–Kier alpha value is -3.55. The number of carbonyl (C=O) groups is 1. The van der Waals surface area contributed by atoms with Gasteiger partial charge < -0.3 is 29.7 Å². The van der Waals surface area contributed by atoms with Crippen molar-refractivity contribution in [1.29, 1.82) is 0 Å². The SMILES string of the molecule is COc1ccc(OCC(O)CNC[C@H]2CCc3cc(-c4ccc(C(=O)O)cc4)ccc3O2)cc1. The van der Waals surface area contributed by atoms with Crippen molar-refractivity contribution in [1.82, 2.24) is 5.32 Å². The number of fused-ring (bicyclic) bond motifs is 1. The first-order valence-electron chi connectivity index (χ1n) is 11.3. The quantitative estimate of drug-likeness (QED) is 0.421. The van der Waals surface area contributed by atoms with E-state index in [1.807, 2.05) is 48.5 Å². The summed E-state index contributed by atoms with van der Waals surface area (Å²) in [4.78, 5) is 11.0. The lowest BCUT2D eigenvalue weighted by Crippen LogP contribution is -2.39. The third-order valence-electron chi connectivity index (χ3n) is 5.81. The second kappa shape index (κ2) is 11.0. The molecule has 0 radical (unpaired) electrons. The molecule has 1 aliphatic rings. The van der Waals surface area contributed by atoms with Crippen molar-refractivity contribution in [3.05, 3.63) is 77.9 Å². The van der Waals surface area contributed by atoms with Crippen LogP contribution in [-0.4, -0.2) is 55.2 Å². The molecule has 7 heteroatoms. The summed E-state index contributed by atoms with van der Waals surface area (Å²) in [5.74, 6) is 1.38. The first kappa shape index (κ1) is 23.6. The Bertz CT molecular complexity index is 1100. The third-order valence-corrected chi connectivity index (χ3v) is 5.81. The van der Waals surface area contributed by atoms with Gasteiger partial charge in [-0.05, 0) is 78.1 Å². The topological polar surface area (TPSA) is 97.2 Å². The molecular formula is C27H29NO6. The van der Waals surface area contributed by atoms with Crippen LogP contribution in [0.5, 0.6) is 17.2 Å². The van der Waals surface area contributed by atoms with Gasteiger partial charge in [0.1, 0.15) is 36.1 Å². The van der Waals surface area contributed by atoms with Crippen molar-refractivity contribution >= 4 is 5.97 Å². The maximum absolute atomic E-state index is 11.0. The smallest absolute Gasteiger partial charge is 0.335 e. The van der Waals surface area contributed by atoms with Crippen LogP contribution in [0.25, 0.3) is 11.1 Å². The molecular weight excluding hydrogens is 434 g/mol. The Morgan fingerprint density at radius 2 is 1.76 bits per heavy atom. The summed E-state index contributed by atoms with van der Waals surface area (Å²) < 4.78 is 16.9. The number of nitrogens with one attached hydrogen (secondary N) is 1. The average molecular weight is 464 g/mol. The number of aromatic carboxylic acids is 1. The van der Waals surface area contributed by atoms with Crippen molar-refractivity contribution in [2.75, 3.05) is 26.8 Å². The Kier molecular flexibility index (Phi) is 7.67. The summed E-state index contributed by atoms with van der Waals surface area (Å²) in [6, 6.07) is 20.2. The number of aliphatic hydroxyl groups is 1. The predicted molar refractivity (Wildman–Crippen MR) is 129 cm³/mol. The molecule has 4 rings (SSSR count). The number of methoxy groups -OCH3 is 1. The third kappa shape index (κ3) is 6.07. The molecule has 178 valence electrons. The Labute approximate surface area is 198 Å². The zero-order valence-electron chi connectivity index (χ0n) is 19.1. The molecule has 0 amide bonds. The van der Waals surface area contributed by atoms with E-state index in [1.165, 1.54) is 0 Å². The maximum atomic E-state index is 11.0. The van der Waals surface area contributed by atoms with Crippen molar-refractivity contribution in [2.24, 2.45) is 0 Å². The lowest BCUT2D eigenvalue weighted by Gasteiger charge is -2.27. The molecule has 3 aromatic rings. The largest absolute Gasteiger partial charge is 0.497 e. The fourth-order valence-electron chi connectivity index (χ4n) is 3.91. The number of hydrogen-bond acceptors (Lipinski definition) is 6. The van der Waals surface area contributed by atoms with E-state index < -0.39 is 12.1 Å². The molecule has 34 heavy (non-hydrogen) atoms. The zero-order chi connectivity index (χ0) is 23.9. The number of rotatable bonds is 10. The monoisotopic (exact) mass is 463 g/mol. The van der Waals surface area contributed by atoms with E-state index in [1.54, 1.807) is 19.2 Å². The molecule has 3 aromatic carbocycles. The first-order valence-corrected chi connectivity index (χ1v) is 11.3. The number of aryl methyl sites for hydroxylation is 1. The first-order chi connectivity index (χ1) is 16.5. The summed E-state index contributed by atoms with van der Waals surface area (Å²) in [6.07, 6.45) is 1.17. The standard InChI is InChI=1S/C27H29NO6/c1-32-23-9-11-24(12-10-23)33-17-22(29)15-28-16-25-8-6-21-14-20(7-13-26(21)34-25)18-2-4-19(5-3-18)27(30)31/h2-5,7,9-14,22,25,28-29H,6,8,15-17H2,1H3,(H,30,31)/t22?,25-/m1/s1. The lowest BCUT2D eigenvalue weighted by molar-refractivity contribution is 0.0697. The second-order valence-corrected chi connectivity index (χ2v) is 8.28. The van der Waals surface area contributed by atoms with Crippen LogP contribution in [0.15, 0.2) is 66.7 Å². The van der Waals surface area contributed by atoms with Gasteiger partial charge in [0, 0.05) is 13.1 Å². The Morgan fingerprint density at radius 3 is 2.47 bits per heavy atom. The van der Waals surface area contributed by atoms with Gasteiger partial charge in [0.2, 0.25) is 0 Å². The van der Waals surface area contributed by atoms with Crippen LogP contribution >= 0.6 is 0 Å². The molecule has 3 N–H and O–H groups in total. The van der Waals surface area contributed by atoms with E-state index in [-0.39, 0.29) is 18.3 Å². The van der Waals surface area contributed by atoms with Crippen LogP contribution in [0.1, 0.15) is 22.3 Å². The van der Waals surface area contributed by atoms with Gasteiger partial charge in [-0.3, -0.25) is 0 Å². The van der Waals surface area contributed by atoms with Crippen LogP contribution in [0.3, 0.4) is 0 Å². The highest BCUT2D eigenvalue weighted by Crippen LogP contribution is 2.32. The number of benzene rings is 3. The van der Waals surface area contributed by atoms with Crippen molar-refractivity contribution < 1.29 is 29.2 Å². The van der Waals surface area contributed by atoms with Gasteiger partial charge in [0.15, 0.2) is 0 Å². The average Bonchev–Trinajstić information content (AvgIpc) is 2.87. The van der Waals surface area contributed by atoms with Gasteiger partial charge in [-0.25, -0.2) is 4.79 Å². The van der Waals surface area contributed by atoms with Crippen molar-refractivity contribution in [2.45, 2.75) is 25.0 Å². The molecule has 0 saturated carbocycles. The van der Waals surface area contributed by atoms with Gasteiger partial charge in [-0.2, -0.15) is 0 Å². The van der Waals surface area contributed by atoms with Crippen LogP contribution < -0.4 is 19.5 Å². The molecule has 1 aliphatic heterocycles. The highest BCUT2D eigenvalue weighted by Gasteiger charge is 2.20. The molecule has 0 aromatic heterocycles. The summed E-state index contributed by atoms with van der Waals surface area (Å²) in [5.41, 5.74) is 3.43. The fraction of sp³-hybridized carbons (Fsp3) is 0.296. The second-order valence-electron chi connectivity index (χ2n) is 8.28. The summed E-state index contributed by atoms with van der Waals surface area (Å²) in [7, 11) is 1.61. The van der Waals surface area contributed by atoms with Crippen molar-refractivity contribution in [3.63, 3.8) is 0 Å². The minimum atomic E-state index is -0.928. The van der Waals surface area contributed by atoms with Crippen molar-refractivity contribution in [3.8, 4) is 28.4 Å². The van der Waals surface area contributed by atoms with E-state index in [0.29, 0.717) is 18.8 Å². The maximum Gasteiger partial charge on any atom is 0.335 e. The van der Waals surface area contributed by atoms with Crippen LogP contribution in [0.4, 0.5) is 0 Å². The minimum Gasteiger partial charge on any atom is -0.497 e. The van der Waals surface area contributed by atoms with Crippen LogP contribution in [0.2, 0.25) is 0 Å². The van der Waals surface area contributed by atoms with Gasteiger partial charge in [-0.15, -0.1) is 0 Å². The van der Waals surface area contributed by atoms with Crippen LogP contribution in [-0.2, 0) is 6.42 Å². The van der Waals surface area contributed by atoms with E-state index in [9.17, 15) is 9.90 Å². The van der Waals surface area contributed by atoms with E-state index in [2.05, 4.69) is 11.4 Å². The normalized spacial score (nSPS) is 15.6. The van der Waals surface area contributed by atoms with Gasteiger partial charge in [0.05, 0.1) is 12.7 Å². The van der Waals surface area contributed by atoms with Gasteiger partial charge in [0.25, 0.3) is 0 Å². The van der Waals surface area contributed by atoms with E-state index in [0.717, 1.165) is 41.0 Å². The Balaban J connectivity index is 1.23. The molecule has 0 aliphatic carbocycles. The van der Waals surface area contributed by atoms with Crippen LogP contribution in [0, 0.1) is 0 Å². The summed E-state index contributed by atoms with van der Waals surface area (Å²) >= 11 is 0. The lowest BCUT2D eigenvalue weighted by atomic mass is 9.96. The summed E-state index contributed by atoms with van der Waals surface area (Å²) in [6.45, 7) is 1.25. The number of carboxylic acids is 1. The molecule has 1 heterocycles. The number of aliphatic hydroxyl groups excluding tert-OH is 1. The number of ether oxygens (including phenoxy) is 3. The van der Waals surface area contributed by atoms with E-state index in [4.69, 9.17) is 19.3 Å². The molecule has 0 fully saturated rings. The number of carboxylic acid groups (broad SMARTS) is 1. The Morgan fingerprint density at radius 1 is 1.06 bits per heavy atom. The van der Waals surface area contributed by atoms with Gasteiger partial charge in [-0.1, -0.05) is 18.2 Å². The zero-order valence-corrected chi connectivity index (χ0v) is 19.1. The molecule has 7 nitrogen and oxygen atoms in total.